The van der Waals surface area contributed by atoms with Gasteiger partial charge in [-0.2, -0.15) is 0 Å². The third-order valence-corrected chi connectivity index (χ3v) is 2.10. The highest BCUT2D eigenvalue weighted by molar-refractivity contribution is 5.86. The summed E-state index contributed by atoms with van der Waals surface area (Å²) in [5.74, 6) is -0.0197. The molecule has 3 heteroatoms. The van der Waals surface area contributed by atoms with Crippen LogP contribution >= 0.6 is 12.4 Å². The highest BCUT2D eigenvalue weighted by Crippen LogP contribution is 2.17. The predicted molar refractivity (Wildman–Crippen MR) is 55.9 cm³/mol. The van der Waals surface area contributed by atoms with Gasteiger partial charge in [-0.15, -0.1) is 12.4 Å². The molecular formula is C10H14ClNO. The summed E-state index contributed by atoms with van der Waals surface area (Å²) in [6.45, 7) is 3.23. The van der Waals surface area contributed by atoms with Gasteiger partial charge in [-0.1, -0.05) is 30.3 Å². The number of benzene rings is 1. The van der Waals surface area contributed by atoms with E-state index in [4.69, 9.17) is 5.73 Å². The van der Waals surface area contributed by atoms with Crippen molar-refractivity contribution in [3.63, 3.8) is 0 Å². The summed E-state index contributed by atoms with van der Waals surface area (Å²) in [6, 6.07) is 9.38. The molecule has 13 heavy (non-hydrogen) atoms. The molecule has 0 radical (unpaired) electrons. The number of nitrogens with two attached hydrogens (primary N) is 1. The summed E-state index contributed by atoms with van der Waals surface area (Å²) in [7, 11) is 0. The van der Waals surface area contributed by atoms with Crippen molar-refractivity contribution < 1.29 is 4.79 Å². The van der Waals surface area contributed by atoms with Gasteiger partial charge in [0.15, 0.2) is 5.78 Å². The van der Waals surface area contributed by atoms with Crippen LogP contribution in [-0.2, 0) is 10.3 Å². The van der Waals surface area contributed by atoms with E-state index in [9.17, 15) is 4.79 Å². The Balaban J connectivity index is 0.00000144. The van der Waals surface area contributed by atoms with Crippen LogP contribution < -0.4 is 5.73 Å². The lowest BCUT2D eigenvalue weighted by Gasteiger charge is -2.21. The number of rotatable bonds is 2. The maximum absolute atomic E-state index is 11.1. The minimum Gasteiger partial charge on any atom is -0.316 e. The van der Waals surface area contributed by atoms with Crippen LogP contribution in [-0.4, -0.2) is 5.78 Å². The highest BCUT2D eigenvalue weighted by atomic mass is 35.5. The Hall–Kier alpha value is -0.860. The van der Waals surface area contributed by atoms with E-state index in [0.717, 1.165) is 5.56 Å². The second kappa shape index (κ2) is 4.40. The first-order chi connectivity index (χ1) is 5.55. The maximum Gasteiger partial charge on any atom is 0.153 e. The Morgan fingerprint density at radius 3 is 2.15 bits per heavy atom. The molecule has 2 nitrogen and oxygen atoms in total. The molecule has 1 unspecified atom stereocenters. The van der Waals surface area contributed by atoms with Crippen LogP contribution in [0.25, 0.3) is 0 Å². The molecule has 72 valence electrons. The van der Waals surface area contributed by atoms with Crippen LogP contribution in [0, 0.1) is 0 Å². The number of Topliss-reactive ketones (excluding diaryl/α,β-unsaturated/α-hetero) is 1. The van der Waals surface area contributed by atoms with Crippen LogP contribution in [0.15, 0.2) is 30.3 Å². The van der Waals surface area contributed by atoms with Gasteiger partial charge >= 0.3 is 0 Å². The molecule has 0 saturated carbocycles. The van der Waals surface area contributed by atoms with E-state index < -0.39 is 5.54 Å². The van der Waals surface area contributed by atoms with Gasteiger partial charge in [-0.05, 0) is 19.4 Å². The highest BCUT2D eigenvalue weighted by Gasteiger charge is 2.25. The van der Waals surface area contributed by atoms with Crippen LogP contribution in [0.5, 0.6) is 0 Å². The lowest BCUT2D eigenvalue weighted by molar-refractivity contribution is -0.121. The molecule has 0 aliphatic carbocycles. The summed E-state index contributed by atoms with van der Waals surface area (Å²) in [5, 5.41) is 0. The standard InChI is InChI=1S/C10H13NO.ClH/c1-8(12)10(2,11)9-6-4-3-5-7-9;/h3-7H,11H2,1-2H3;1H. The van der Waals surface area contributed by atoms with Crippen molar-refractivity contribution >= 4 is 18.2 Å². The molecule has 0 heterocycles. The fourth-order valence-corrected chi connectivity index (χ4v) is 0.988. The summed E-state index contributed by atoms with van der Waals surface area (Å²) in [5.41, 5.74) is 5.84. The molecule has 1 rings (SSSR count). The minimum absolute atomic E-state index is 0. The lowest BCUT2D eigenvalue weighted by Crippen LogP contribution is -2.40. The predicted octanol–water partition coefficient (Wildman–Crippen LogP) is 1.87. The van der Waals surface area contributed by atoms with E-state index in [1.807, 2.05) is 30.3 Å². The third-order valence-electron chi connectivity index (χ3n) is 2.10. The molecule has 0 aliphatic heterocycles. The topological polar surface area (TPSA) is 43.1 Å². The molecule has 0 aromatic heterocycles. The third kappa shape index (κ3) is 2.54. The molecule has 0 fully saturated rings. The Kier molecular flexibility index (Phi) is 4.11. The number of carbonyl (C=O) groups is 1. The smallest absolute Gasteiger partial charge is 0.153 e. The van der Waals surface area contributed by atoms with Crippen LogP contribution in [0.3, 0.4) is 0 Å². The van der Waals surface area contributed by atoms with E-state index in [2.05, 4.69) is 0 Å². The Labute approximate surface area is 84.5 Å². The molecular weight excluding hydrogens is 186 g/mol. The van der Waals surface area contributed by atoms with Crippen LogP contribution in [0.4, 0.5) is 0 Å². The van der Waals surface area contributed by atoms with Gasteiger partial charge in [0, 0.05) is 0 Å². The van der Waals surface area contributed by atoms with E-state index in [1.165, 1.54) is 6.92 Å². The Bertz CT molecular complexity index is 282. The zero-order chi connectivity index (χ0) is 9.19. The zero-order valence-electron chi connectivity index (χ0n) is 7.78. The van der Waals surface area contributed by atoms with Crippen molar-refractivity contribution in [2.45, 2.75) is 19.4 Å². The summed E-state index contributed by atoms with van der Waals surface area (Å²) in [6.07, 6.45) is 0. The molecule has 2 N–H and O–H groups in total. The quantitative estimate of drug-likeness (QED) is 0.791. The van der Waals surface area contributed by atoms with Gasteiger partial charge in [0.1, 0.15) is 0 Å². The first kappa shape index (κ1) is 12.1. The first-order valence-electron chi connectivity index (χ1n) is 3.90. The van der Waals surface area contributed by atoms with Crippen molar-refractivity contribution in [1.82, 2.24) is 0 Å². The molecule has 1 aromatic carbocycles. The van der Waals surface area contributed by atoms with Gasteiger partial charge in [0.2, 0.25) is 0 Å². The molecule has 1 atom stereocenters. The molecule has 0 aliphatic rings. The monoisotopic (exact) mass is 199 g/mol. The summed E-state index contributed by atoms with van der Waals surface area (Å²) >= 11 is 0. The summed E-state index contributed by atoms with van der Waals surface area (Å²) in [4.78, 5) is 11.1. The van der Waals surface area contributed by atoms with Gasteiger partial charge in [0.25, 0.3) is 0 Å². The van der Waals surface area contributed by atoms with Crippen molar-refractivity contribution in [3.05, 3.63) is 35.9 Å². The fourth-order valence-electron chi connectivity index (χ4n) is 0.988. The van der Waals surface area contributed by atoms with Crippen LogP contribution in [0.1, 0.15) is 19.4 Å². The van der Waals surface area contributed by atoms with Gasteiger partial charge in [0.05, 0.1) is 5.54 Å². The molecule has 1 aromatic rings. The molecule has 0 spiro atoms. The van der Waals surface area contributed by atoms with Gasteiger partial charge in [-0.25, -0.2) is 0 Å². The normalized spacial score (nSPS) is 14.1. The molecule has 0 amide bonds. The number of carbonyl (C=O) groups excluding carboxylic acids is 1. The largest absolute Gasteiger partial charge is 0.316 e. The van der Waals surface area contributed by atoms with Gasteiger partial charge < -0.3 is 5.73 Å². The Morgan fingerprint density at radius 1 is 1.31 bits per heavy atom. The number of ketones is 1. The van der Waals surface area contributed by atoms with E-state index >= 15 is 0 Å². The zero-order valence-corrected chi connectivity index (χ0v) is 8.60. The van der Waals surface area contributed by atoms with Crippen molar-refractivity contribution in [1.29, 1.82) is 0 Å². The lowest BCUT2D eigenvalue weighted by atomic mass is 9.90. The van der Waals surface area contributed by atoms with Crippen molar-refractivity contribution in [3.8, 4) is 0 Å². The van der Waals surface area contributed by atoms with Crippen LogP contribution in [0.2, 0.25) is 0 Å². The van der Waals surface area contributed by atoms with E-state index in [-0.39, 0.29) is 18.2 Å². The summed E-state index contributed by atoms with van der Waals surface area (Å²) < 4.78 is 0. The number of hydrogen-bond acceptors (Lipinski definition) is 2. The number of hydrogen-bond donors (Lipinski definition) is 1. The first-order valence-corrected chi connectivity index (χ1v) is 3.90. The molecule has 0 bridgehead atoms. The van der Waals surface area contributed by atoms with Gasteiger partial charge in [-0.3, -0.25) is 4.79 Å². The average Bonchev–Trinajstić information content (AvgIpc) is 2.06. The van der Waals surface area contributed by atoms with E-state index in [0.29, 0.717) is 0 Å². The average molecular weight is 200 g/mol. The second-order valence-electron chi connectivity index (χ2n) is 3.12. The number of halogens is 1. The van der Waals surface area contributed by atoms with Crippen molar-refractivity contribution in [2.24, 2.45) is 5.73 Å². The van der Waals surface area contributed by atoms with Crippen molar-refractivity contribution in [2.75, 3.05) is 0 Å². The van der Waals surface area contributed by atoms with E-state index in [1.54, 1.807) is 6.92 Å². The molecule has 0 saturated heterocycles. The minimum atomic E-state index is -0.846. The fraction of sp³-hybridized carbons (Fsp3) is 0.300. The SMILES string of the molecule is CC(=O)C(C)(N)c1ccccc1.Cl. The maximum atomic E-state index is 11.1. The second-order valence-corrected chi connectivity index (χ2v) is 3.12. The Morgan fingerprint density at radius 2 is 1.77 bits per heavy atom.